The molecule has 8 heteroatoms. The highest BCUT2D eigenvalue weighted by Gasteiger charge is 2.58. The van der Waals surface area contributed by atoms with Crippen molar-refractivity contribution in [2.24, 2.45) is 11.3 Å². The van der Waals surface area contributed by atoms with Crippen molar-refractivity contribution in [1.29, 1.82) is 0 Å². The number of amides is 2. The minimum Gasteiger partial charge on any atom is -0.481 e. The van der Waals surface area contributed by atoms with Crippen molar-refractivity contribution < 1.29 is 29.3 Å². The van der Waals surface area contributed by atoms with Crippen molar-refractivity contribution in [1.82, 2.24) is 10.2 Å². The van der Waals surface area contributed by atoms with Crippen LogP contribution in [0.15, 0.2) is 48.5 Å². The molecule has 2 fully saturated rings. The van der Waals surface area contributed by atoms with Gasteiger partial charge in [0.25, 0.3) is 0 Å². The van der Waals surface area contributed by atoms with Gasteiger partial charge in [0.15, 0.2) is 0 Å². The Morgan fingerprint density at radius 2 is 1.68 bits per heavy atom. The Labute approximate surface area is 197 Å². The number of alkyl carbamates (subject to hydrolysis) is 1. The Bertz CT molecular complexity index is 1080. The molecule has 1 aliphatic heterocycles. The van der Waals surface area contributed by atoms with Crippen LogP contribution in [0.25, 0.3) is 11.1 Å². The van der Waals surface area contributed by atoms with Crippen LogP contribution in [0.4, 0.5) is 4.79 Å². The van der Waals surface area contributed by atoms with Gasteiger partial charge in [0.1, 0.15) is 6.61 Å². The summed E-state index contributed by atoms with van der Waals surface area (Å²) < 4.78 is 5.45. The summed E-state index contributed by atoms with van der Waals surface area (Å²) in [4.78, 5) is 37.8. The molecule has 2 aliphatic carbocycles. The predicted molar refractivity (Wildman–Crippen MR) is 123 cm³/mol. The van der Waals surface area contributed by atoms with Crippen LogP contribution in [0, 0.1) is 11.3 Å². The van der Waals surface area contributed by atoms with Crippen LogP contribution in [0.3, 0.4) is 0 Å². The van der Waals surface area contributed by atoms with Gasteiger partial charge in [-0.1, -0.05) is 48.5 Å². The lowest BCUT2D eigenvalue weighted by molar-refractivity contribution is -0.143. The van der Waals surface area contributed by atoms with E-state index in [1.165, 1.54) is 4.90 Å². The quantitative estimate of drug-likeness (QED) is 0.580. The first kappa shape index (κ1) is 22.4. The maximum Gasteiger partial charge on any atom is 0.407 e. The Hall–Kier alpha value is -3.39. The number of nitrogens with zero attached hydrogens (tertiary/aromatic N) is 1. The van der Waals surface area contributed by atoms with Gasteiger partial charge in [0, 0.05) is 31.0 Å². The highest BCUT2D eigenvalue weighted by atomic mass is 16.5. The van der Waals surface area contributed by atoms with E-state index in [0.29, 0.717) is 6.54 Å². The SMILES string of the molecule is O=C(NCC(O)CC(=O)N1CC(C(=O)O)C2(CC2)C1)OCC1c2ccccc2-c2ccccc21. The van der Waals surface area contributed by atoms with E-state index in [9.17, 15) is 24.6 Å². The zero-order chi connectivity index (χ0) is 23.9. The van der Waals surface area contributed by atoms with Gasteiger partial charge in [-0.05, 0) is 35.1 Å². The molecule has 34 heavy (non-hydrogen) atoms. The number of hydrogen-bond donors (Lipinski definition) is 3. The molecule has 0 aromatic heterocycles. The van der Waals surface area contributed by atoms with Crippen molar-refractivity contribution in [3.63, 3.8) is 0 Å². The monoisotopic (exact) mass is 464 g/mol. The number of fused-ring (bicyclic) bond motifs is 3. The number of carboxylic acid groups (broad SMARTS) is 1. The summed E-state index contributed by atoms with van der Waals surface area (Å²) in [5.74, 6) is -1.76. The lowest BCUT2D eigenvalue weighted by Crippen LogP contribution is -2.38. The molecule has 2 aromatic rings. The first-order valence-electron chi connectivity index (χ1n) is 11.7. The molecule has 5 rings (SSSR count). The van der Waals surface area contributed by atoms with E-state index in [0.717, 1.165) is 35.1 Å². The molecule has 0 bridgehead atoms. The second-order valence-corrected chi connectivity index (χ2v) is 9.59. The van der Waals surface area contributed by atoms with Gasteiger partial charge in [-0.25, -0.2) is 4.79 Å². The molecule has 0 radical (unpaired) electrons. The number of aliphatic carboxylic acids is 1. The number of carbonyl (C=O) groups is 3. The number of benzene rings is 2. The van der Waals surface area contributed by atoms with Crippen molar-refractivity contribution in [2.45, 2.75) is 31.3 Å². The Kier molecular flexibility index (Phi) is 5.77. The fourth-order valence-corrected chi connectivity index (χ4v) is 5.42. The maximum absolute atomic E-state index is 12.5. The zero-order valence-corrected chi connectivity index (χ0v) is 18.8. The third-order valence-corrected chi connectivity index (χ3v) is 7.43. The average molecular weight is 465 g/mol. The largest absolute Gasteiger partial charge is 0.481 e. The smallest absolute Gasteiger partial charge is 0.407 e. The number of likely N-dealkylation sites (tertiary alicyclic amines) is 1. The normalized spacial score (nSPS) is 20.5. The second-order valence-electron chi connectivity index (χ2n) is 9.59. The van der Waals surface area contributed by atoms with Crippen molar-refractivity contribution in [3.05, 3.63) is 59.7 Å². The summed E-state index contributed by atoms with van der Waals surface area (Å²) in [7, 11) is 0. The standard InChI is InChI=1S/C26H28N2O6/c29-16(11-23(30)28-13-22(24(31)32)26(15-28)9-10-26)12-27-25(33)34-14-21-19-7-3-1-5-17(19)18-6-2-4-8-20(18)21/h1-8,16,21-22,29H,9-15H2,(H,27,33)(H,31,32). The molecule has 8 nitrogen and oxygen atoms in total. The van der Waals surface area contributed by atoms with Crippen molar-refractivity contribution in [2.75, 3.05) is 26.2 Å². The lowest BCUT2D eigenvalue weighted by Gasteiger charge is -2.19. The highest BCUT2D eigenvalue weighted by molar-refractivity contribution is 5.81. The van der Waals surface area contributed by atoms with Crippen LogP contribution in [0.1, 0.15) is 36.3 Å². The fourth-order valence-electron chi connectivity index (χ4n) is 5.42. The van der Waals surface area contributed by atoms with Gasteiger partial charge in [0.05, 0.1) is 18.4 Å². The van der Waals surface area contributed by atoms with Crippen LogP contribution in [-0.4, -0.2) is 65.4 Å². The molecule has 1 saturated heterocycles. The zero-order valence-electron chi connectivity index (χ0n) is 18.8. The van der Waals surface area contributed by atoms with E-state index in [-0.39, 0.29) is 43.4 Å². The average Bonchev–Trinajstić information content (AvgIpc) is 3.37. The number of nitrogens with one attached hydrogen (secondary N) is 1. The van der Waals surface area contributed by atoms with Gasteiger partial charge in [-0.3, -0.25) is 9.59 Å². The first-order valence-corrected chi connectivity index (χ1v) is 11.7. The minimum atomic E-state index is -1.08. The first-order chi connectivity index (χ1) is 16.4. The van der Waals surface area contributed by atoms with E-state index < -0.39 is 24.1 Å². The van der Waals surface area contributed by atoms with Crippen LogP contribution >= 0.6 is 0 Å². The number of rotatable bonds is 7. The molecule has 2 amide bonds. The molecule has 2 aromatic carbocycles. The van der Waals surface area contributed by atoms with E-state index in [4.69, 9.17) is 4.74 Å². The molecule has 1 heterocycles. The van der Waals surface area contributed by atoms with E-state index in [2.05, 4.69) is 17.4 Å². The number of carboxylic acids is 1. The third-order valence-electron chi connectivity index (χ3n) is 7.43. The van der Waals surface area contributed by atoms with Gasteiger partial charge < -0.3 is 25.2 Å². The summed E-state index contributed by atoms with van der Waals surface area (Å²) in [6.07, 6.45) is -0.268. The highest BCUT2D eigenvalue weighted by Crippen LogP contribution is 2.56. The maximum atomic E-state index is 12.5. The Balaban J connectivity index is 1.10. The summed E-state index contributed by atoms with van der Waals surface area (Å²) in [5.41, 5.74) is 4.22. The summed E-state index contributed by atoms with van der Waals surface area (Å²) in [6.45, 7) is 0.654. The van der Waals surface area contributed by atoms with E-state index in [1.807, 2.05) is 36.4 Å². The minimum absolute atomic E-state index is 0.0586. The van der Waals surface area contributed by atoms with E-state index in [1.54, 1.807) is 0 Å². The number of hydrogen-bond acceptors (Lipinski definition) is 5. The fraction of sp³-hybridized carbons (Fsp3) is 0.423. The molecule has 3 N–H and O–H groups in total. The van der Waals surface area contributed by atoms with Gasteiger partial charge >= 0.3 is 12.1 Å². The van der Waals surface area contributed by atoms with Crippen LogP contribution in [0.2, 0.25) is 0 Å². The third kappa shape index (κ3) is 4.14. The summed E-state index contributed by atoms with van der Waals surface area (Å²) in [6, 6.07) is 16.1. The van der Waals surface area contributed by atoms with Crippen LogP contribution < -0.4 is 5.32 Å². The molecule has 3 aliphatic rings. The summed E-state index contributed by atoms with van der Waals surface area (Å²) in [5, 5.41) is 22.2. The van der Waals surface area contributed by atoms with Gasteiger partial charge in [-0.2, -0.15) is 0 Å². The molecular formula is C26H28N2O6. The lowest BCUT2D eigenvalue weighted by atomic mass is 9.93. The number of aliphatic hydroxyl groups is 1. The summed E-state index contributed by atoms with van der Waals surface area (Å²) >= 11 is 0. The Morgan fingerprint density at radius 3 is 2.24 bits per heavy atom. The molecule has 1 saturated carbocycles. The number of ether oxygens (including phenoxy) is 1. The van der Waals surface area contributed by atoms with Gasteiger partial charge in [0.2, 0.25) is 5.91 Å². The molecule has 2 atom stereocenters. The molecule has 2 unspecified atom stereocenters. The molecule has 178 valence electrons. The molecule has 1 spiro atoms. The van der Waals surface area contributed by atoms with Crippen LogP contribution in [-0.2, 0) is 14.3 Å². The van der Waals surface area contributed by atoms with Gasteiger partial charge in [-0.15, -0.1) is 0 Å². The second kappa shape index (κ2) is 8.76. The van der Waals surface area contributed by atoms with E-state index >= 15 is 0 Å². The van der Waals surface area contributed by atoms with Crippen molar-refractivity contribution in [3.8, 4) is 11.1 Å². The van der Waals surface area contributed by atoms with Crippen LogP contribution in [0.5, 0.6) is 0 Å². The molecular weight excluding hydrogens is 436 g/mol. The predicted octanol–water partition coefficient (Wildman–Crippen LogP) is 2.60. The Morgan fingerprint density at radius 1 is 1.06 bits per heavy atom. The number of carbonyl (C=O) groups excluding carboxylic acids is 2. The number of aliphatic hydroxyl groups excluding tert-OH is 1. The van der Waals surface area contributed by atoms with Crippen molar-refractivity contribution >= 4 is 18.0 Å². The topological polar surface area (TPSA) is 116 Å².